The Balaban J connectivity index is 1.39. The molecule has 152 valence electrons. The molecule has 1 N–H and O–H groups in total. The summed E-state index contributed by atoms with van der Waals surface area (Å²) in [5.74, 6) is -1.64. The molecule has 2 heterocycles. The quantitative estimate of drug-likeness (QED) is 0.790. The van der Waals surface area contributed by atoms with Crippen LogP contribution in [-0.4, -0.2) is 55.1 Å². The number of nitrogens with zero attached hydrogens (tertiary/aromatic N) is 2. The maximum absolute atomic E-state index is 14.7. The lowest BCUT2D eigenvalue weighted by Crippen LogP contribution is -2.45. The van der Waals surface area contributed by atoms with E-state index in [0.717, 1.165) is 19.3 Å². The van der Waals surface area contributed by atoms with Crippen molar-refractivity contribution in [2.24, 2.45) is 5.41 Å². The number of nitrogens with one attached hydrogen (secondary N) is 1. The van der Waals surface area contributed by atoms with E-state index in [1.54, 1.807) is 17.0 Å². The molecular formula is C21H28FN3O3. The van der Waals surface area contributed by atoms with Crippen LogP contribution in [0.2, 0.25) is 0 Å². The molecule has 1 aliphatic carbocycles. The van der Waals surface area contributed by atoms with E-state index < -0.39 is 17.6 Å². The highest BCUT2D eigenvalue weighted by molar-refractivity contribution is 6.39. The van der Waals surface area contributed by atoms with Crippen molar-refractivity contribution in [2.45, 2.75) is 51.7 Å². The molecule has 0 radical (unpaired) electrons. The fourth-order valence-electron chi connectivity index (χ4n) is 4.74. The molecule has 3 fully saturated rings. The van der Waals surface area contributed by atoms with Crippen molar-refractivity contribution >= 4 is 23.2 Å². The number of hydrogen-bond acceptors (Lipinski definition) is 4. The highest BCUT2D eigenvalue weighted by Crippen LogP contribution is 2.47. The largest absolute Gasteiger partial charge is 0.372 e. The maximum atomic E-state index is 14.7. The van der Waals surface area contributed by atoms with E-state index in [-0.39, 0.29) is 17.6 Å². The first-order chi connectivity index (χ1) is 13.3. The van der Waals surface area contributed by atoms with Crippen molar-refractivity contribution in [3.8, 4) is 0 Å². The Morgan fingerprint density at radius 2 is 1.89 bits per heavy atom. The number of likely N-dealkylation sites (tertiary alicyclic amines) is 1. The first-order valence-corrected chi connectivity index (χ1v) is 10.2. The molecule has 7 heteroatoms. The maximum Gasteiger partial charge on any atom is 0.313 e. The molecule has 0 bridgehead atoms. The topological polar surface area (TPSA) is 61.9 Å². The molecule has 1 aromatic carbocycles. The summed E-state index contributed by atoms with van der Waals surface area (Å²) in [6.45, 7) is 6.46. The molecule has 1 saturated carbocycles. The van der Waals surface area contributed by atoms with Gasteiger partial charge in [-0.15, -0.1) is 0 Å². The number of amides is 2. The zero-order chi connectivity index (χ0) is 19.9. The van der Waals surface area contributed by atoms with Gasteiger partial charge in [-0.2, -0.15) is 0 Å². The van der Waals surface area contributed by atoms with E-state index >= 15 is 0 Å². The van der Waals surface area contributed by atoms with E-state index in [0.29, 0.717) is 37.6 Å². The number of halogens is 1. The second-order valence-corrected chi connectivity index (χ2v) is 8.61. The lowest BCUT2D eigenvalue weighted by atomic mass is 9.68. The standard InChI is InChI=1S/C21H28FN3O3/c1-14-11-25(12-15(2)28-14)18-5-4-16(10-17(18)22)23-19(26)20(27)24-9-8-21(13-24)6-3-7-21/h4-5,10,14-15H,3,6-9,11-13H2,1-2H3,(H,23,26)/t14-,15-/m1/s1. The summed E-state index contributed by atoms with van der Waals surface area (Å²) in [4.78, 5) is 28.4. The van der Waals surface area contributed by atoms with Gasteiger partial charge in [0.15, 0.2) is 0 Å². The number of rotatable bonds is 2. The van der Waals surface area contributed by atoms with Crippen LogP contribution in [0.4, 0.5) is 15.8 Å². The van der Waals surface area contributed by atoms with Crippen LogP contribution < -0.4 is 10.2 Å². The van der Waals surface area contributed by atoms with Crippen LogP contribution in [0, 0.1) is 11.2 Å². The SMILES string of the molecule is C[C@@H]1CN(c2ccc(NC(=O)C(=O)N3CCC4(CCC4)C3)cc2F)C[C@@H](C)O1. The van der Waals surface area contributed by atoms with Crippen molar-refractivity contribution in [1.82, 2.24) is 4.90 Å². The van der Waals surface area contributed by atoms with E-state index in [9.17, 15) is 14.0 Å². The molecule has 28 heavy (non-hydrogen) atoms. The van der Waals surface area contributed by atoms with Crippen LogP contribution >= 0.6 is 0 Å². The van der Waals surface area contributed by atoms with Gasteiger partial charge < -0.3 is 19.9 Å². The second-order valence-electron chi connectivity index (χ2n) is 8.61. The average molecular weight is 389 g/mol. The van der Waals surface area contributed by atoms with Gasteiger partial charge in [-0.05, 0) is 56.7 Å². The first kappa shape index (κ1) is 19.2. The zero-order valence-corrected chi connectivity index (χ0v) is 16.5. The van der Waals surface area contributed by atoms with Crippen LogP contribution in [0.25, 0.3) is 0 Å². The molecule has 1 spiro atoms. The number of ether oxygens (including phenoxy) is 1. The van der Waals surface area contributed by atoms with Gasteiger partial charge in [-0.3, -0.25) is 9.59 Å². The Kier molecular flexibility index (Phi) is 5.04. The molecule has 3 aliphatic rings. The molecule has 1 aromatic rings. The van der Waals surface area contributed by atoms with Crippen molar-refractivity contribution in [1.29, 1.82) is 0 Å². The molecule has 2 saturated heterocycles. The lowest BCUT2D eigenvalue weighted by molar-refractivity contribution is -0.142. The van der Waals surface area contributed by atoms with Gasteiger partial charge in [0.2, 0.25) is 0 Å². The van der Waals surface area contributed by atoms with E-state index in [1.165, 1.54) is 12.5 Å². The minimum Gasteiger partial charge on any atom is -0.372 e. The molecule has 2 aliphatic heterocycles. The fourth-order valence-corrected chi connectivity index (χ4v) is 4.74. The third kappa shape index (κ3) is 3.72. The molecule has 0 aromatic heterocycles. The summed E-state index contributed by atoms with van der Waals surface area (Å²) in [5, 5.41) is 2.56. The Bertz CT molecular complexity index is 770. The summed E-state index contributed by atoms with van der Waals surface area (Å²) in [5.41, 5.74) is 1.03. The number of carbonyl (C=O) groups excluding carboxylic acids is 2. The summed E-state index contributed by atoms with van der Waals surface area (Å²) in [6, 6.07) is 4.58. The second kappa shape index (κ2) is 7.35. The van der Waals surface area contributed by atoms with E-state index in [4.69, 9.17) is 4.74 Å². The van der Waals surface area contributed by atoms with Gasteiger partial charge in [-0.25, -0.2) is 4.39 Å². The molecule has 2 amide bonds. The number of anilines is 2. The van der Waals surface area contributed by atoms with Crippen molar-refractivity contribution < 1.29 is 18.7 Å². The predicted molar refractivity (Wildman–Crippen MR) is 105 cm³/mol. The Hall–Kier alpha value is -2.15. The Morgan fingerprint density at radius 3 is 2.46 bits per heavy atom. The fraction of sp³-hybridized carbons (Fsp3) is 0.619. The van der Waals surface area contributed by atoms with Gasteiger partial charge in [0, 0.05) is 31.9 Å². The van der Waals surface area contributed by atoms with Crippen LogP contribution in [-0.2, 0) is 14.3 Å². The zero-order valence-electron chi connectivity index (χ0n) is 16.5. The van der Waals surface area contributed by atoms with Gasteiger partial charge in [-0.1, -0.05) is 6.42 Å². The molecule has 6 nitrogen and oxygen atoms in total. The number of morpholine rings is 1. The predicted octanol–water partition coefficient (Wildman–Crippen LogP) is 2.78. The van der Waals surface area contributed by atoms with Gasteiger partial charge >= 0.3 is 11.8 Å². The summed E-state index contributed by atoms with van der Waals surface area (Å²) in [7, 11) is 0. The number of hydrogen-bond donors (Lipinski definition) is 1. The first-order valence-electron chi connectivity index (χ1n) is 10.2. The van der Waals surface area contributed by atoms with Crippen molar-refractivity contribution in [3.63, 3.8) is 0 Å². The summed E-state index contributed by atoms with van der Waals surface area (Å²) in [6.07, 6.45) is 4.53. The van der Waals surface area contributed by atoms with Crippen LogP contribution in [0.5, 0.6) is 0 Å². The minimum absolute atomic E-state index is 0.0274. The molecule has 4 rings (SSSR count). The summed E-state index contributed by atoms with van der Waals surface area (Å²) >= 11 is 0. The molecule has 0 unspecified atom stereocenters. The van der Waals surface area contributed by atoms with Crippen LogP contribution in [0.3, 0.4) is 0 Å². The lowest BCUT2D eigenvalue weighted by Gasteiger charge is -2.37. The van der Waals surface area contributed by atoms with Gasteiger partial charge in [0.05, 0.1) is 17.9 Å². The smallest absolute Gasteiger partial charge is 0.313 e. The third-order valence-electron chi connectivity index (χ3n) is 6.30. The van der Waals surface area contributed by atoms with Crippen LogP contribution in [0.15, 0.2) is 18.2 Å². The summed E-state index contributed by atoms with van der Waals surface area (Å²) < 4.78 is 20.4. The van der Waals surface area contributed by atoms with E-state index in [2.05, 4.69) is 5.32 Å². The minimum atomic E-state index is -0.697. The third-order valence-corrected chi connectivity index (χ3v) is 6.30. The average Bonchev–Trinajstić information content (AvgIpc) is 3.06. The highest BCUT2D eigenvalue weighted by Gasteiger charge is 2.45. The van der Waals surface area contributed by atoms with Gasteiger partial charge in [0.1, 0.15) is 5.82 Å². The van der Waals surface area contributed by atoms with E-state index in [1.807, 2.05) is 18.7 Å². The Morgan fingerprint density at radius 1 is 1.18 bits per heavy atom. The molecule has 2 atom stereocenters. The number of benzene rings is 1. The number of carbonyl (C=O) groups is 2. The molecular weight excluding hydrogens is 361 g/mol. The monoisotopic (exact) mass is 389 g/mol. The Labute approximate surface area is 165 Å². The van der Waals surface area contributed by atoms with Crippen LogP contribution in [0.1, 0.15) is 39.5 Å². The van der Waals surface area contributed by atoms with Crippen molar-refractivity contribution in [3.05, 3.63) is 24.0 Å². The normalized spacial score (nSPS) is 26.2. The highest BCUT2D eigenvalue weighted by atomic mass is 19.1. The van der Waals surface area contributed by atoms with Crippen molar-refractivity contribution in [2.75, 3.05) is 36.4 Å². The van der Waals surface area contributed by atoms with Gasteiger partial charge in [0.25, 0.3) is 0 Å².